The summed E-state index contributed by atoms with van der Waals surface area (Å²) in [5, 5.41) is 9.88. The van der Waals surface area contributed by atoms with Crippen LogP contribution in [0.5, 0.6) is 5.88 Å². The van der Waals surface area contributed by atoms with Crippen LogP contribution in [0.15, 0.2) is 69.3 Å². The maximum Gasteiger partial charge on any atom is 0.281 e. The first-order valence-electron chi connectivity index (χ1n) is 6.02. The molecule has 0 atom stereocenters. The smallest absolute Gasteiger partial charge is 0.281 e. The molecule has 0 saturated heterocycles. The number of benzene rings is 1. The Hall–Kier alpha value is -2.67. The van der Waals surface area contributed by atoms with Gasteiger partial charge in [-0.25, -0.2) is 8.42 Å². The van der Waals surface area contributed by atoms with E-state index in [1.807, 2.05) is 0 Å². The van der Waals surface area contributed by atoms with E-state index in [0.29, 0.717) is 0 Å². The molecule has 2 aromatic heterocycles. The van der Waals surface area contributed by atoms with Gasteiger partial charge < -0.3 is 5.11 Å². The molecule has 3 aromatic rings. The lowest BCUT2D eigenvalue weighted by Crippen LogP contribution is -2.23. The predicted octanol–water partition coefficient (Wildman–Crippen LogP) is 1.23. The highest BCUT2D eigenvalue weighted by Crippen LogP contribution is 2.24. The normalized spacial score (nSPS) is 11.6. The van der Waals surface area contributed by atoms with Gasteiger partial charge in [0.25, 0.3) is 5.56 Å². The monoisotopic (exact) mass is 302 g/mol. The highest BCUT2D eigenvalue weighted by Gasteiger charge is 2.27. The first-order chi connectivity index (χ1) is 10.0. The second kappa shape index (κ2) is 4.71. The van der Waals surface area contributed by atoms with Crippen molar-refractivity contribution in [1.29, 1.82) is 0 Å². The van der Waals surface area contributed by atoms with Crippen LogP contribution in [0.25, 0.3) is 5.65 Å². The average Bonchev–Trinajstić information content (AvgIpc) is 2.48. The van der Waals surface area contributed by atoms with Gasteiger partial charge in [0.2, 0.25) is 15.7 Å². The summed E-state index contributed by atoms with van der Waals surface area (Å²) in [7, 11) is -4.14. The molecule has 3 rings (SSSR count). The van der Waals surface area contributed by atoms with Crippen LogP contribution in [0, 0.1) is 0 Å². The van der Waals surface area contributed by atoms with Gasteiger partial charge in [0, 0.05) is 6.20 Å². The van der Waals surface area contributed by atoms with Crippen molar-refractivity contribution in [3.05, 3.63) is 65.1 Å². The number of hydrogen-bond acceptors (Lipinski definition) is 5. The number of rotatable bonds is 2. The summed E-state index contributed by atoms with van der Waals surface area (Å²) in [5.41, 5.74) is -0.658. The zero-order valence-corrected chi connectivity index (χ0v) is 11.5. The van der Waals surface area contributed by atoms with Gasteiger partial charge in [-0.2, -0.15) is 4.98 Å². The van der Waals surface area contributed by atoms with E-state index in [1.54, 1.807) is 18.2 Å². The van der Waals surface area contributed by atoms with Crippen LogP contribution in [0.1, 0.15) is 0 Å². The first-order valence-corrected chi connectivity index (χ1v) is 7.50. The van der Waals surface area contributed by atoms with Crippen molar-refractivity contribution >= 4 is 15.5 Å². The average molecular weight is 302 g/mol. The first kappa shape index (κ1) is 13.3. The van der Waals surface area contributed by atoms with Gasteiger partial charge in [0.1, 0.15) is 5.65 Å². The van der Waals surface area contributed by atoms with Crippen LogP contribution < -0.4 is 5.56 Å². The molecule has 2 heterocycles. The van der Waals surface area contributed by atoms with Gasteiger partial charge >= 0.3 is 0 Å². The van der Waals surface area contributed by atoms with Crippen molar-refractivity contribution in [2.24, 2.45) is 0 Å². The molecule has 0 amide bonds. The van der Waals surface area contributed by atoms with Crippen molar-refractivity contribution < 1.29 is 13.5 Å². The molecule has 1 aromatic carbocycles. The highest BCUT2D eigenvalue weighted by molar-refractivity contribution is 7.91. The molecular weight excluding hydrogens is 292 g/mol. The number of fused-ring (bicyclic) bond motifs is 1. The van der Waals surface area contributed by atoms with Gasteiger partial charge in [-0.05, 0) is 24.3 Å². The van der Waals surface area contributed by atoms with Gasteiger partial charge in [-0.1, -0.05) is 24.3 Å². The van der Waals surface area contributed by atoms with Gasteiger partial charge in [-0.15, -0.1) is 0 Å². The summed E-state index contributed by atoms with van der Waals surface area (Å²) in [4.78, 5) is 15.3. The third-order valence-corrected chi connectivity index (χ3v) is 4.78. The fraction of sp³-hybridized carbons (Fsp3) is 0. The molecule has 0 spiro atoms. The Bertz CT molecular complexity index is 979. The van der Waals surface area contributed by atoms with E-state index in [9.17, 15) is 18.3 Å². The van der Waals surface area contributed by atoms with Crippen molar-refractivity contribution in [2.75, 3.05) is 0 Å². The summed E-state index contributed by atoms with van der Waals surface area (Å²) < 4.78 is 26.1. The van der Waals surface area contributed by atoms with Crippen LogP contribution in [0.4, 0.5) is 0 Å². The molecule has 0 aliphatic rings. The Labute approximate surface area is 119 Å². The van der Waals surface area contributed by atoms with Crippen molar-refractivity contribution in [3.8, 4) is 5.88 Å². The lowest BCUT2D eigenvalue weighted by atomic mass is 10.4. The van der Waals surface area contributed by atoms with E-state index in [4.69, 9.17) is 0 Å². The van der Waals surface area contributed by atoms with Crippen LogP contribution in [0.2, 0.25) is 0 Å². The molecule has 1 N–H and O–H groups in total. The topological polar surface area (TPSA) is 88.7 Å². The number of nitrogens with zero attached hydrogens (tertiary/aromatic N) is 2. The minimum absolute atomic E-state index is 0.0740. The van der Waals surface area contributed by atoms with Crippen molar-refractivity contribution in [1.82, 2.24) is 9.38 Å². The Morgan fingerprint density at radius 1 is 1.00 bits per heavy atom. The molecule has 0 aliphatic heterocycles. The number of aromatic nitrogens is 2. The standard InChI is InChI=1S/C14H10N2O4S/c17-13-12(21(19,20)10-6-2-1-3-7-10)14(18)16-9-5-4-8-11(16)15-13/h1-9,17H. The predicted molar refractivity (Wildman–Crippen MR) is 75.0 cm³/mol. The molecule has 0 unspecified atom stereocenters. The lowest BCUT2D eigenvalue weighted by Gasteiger charge is -2.07. The van der Waals surface area contributed by atoms with Crippen molar-refractivity contribution in [3.63, 3.8) is 0 Å². The fourth-order valence-corrected chi connectivity index (χ4v) is 3.38. The molecule has 0 saturated carbocycles. The quantitative estimate of drug-likeness (QED) is 0.769. The van der Waals surface area contributed by atoms with Crippen LogP contribution in [-0.4, -0.2) is 22.9 Å². The van der Waals surface area contributed by atoms with E-state index >= 15 is 0 Å². The molecule has 21 heavy (non-hydrogen) atoms. The minimum atomic E-state index is -4.14. The van der Waals surface area contributed by atoms with Crippen LogP contribution in [0.3, 0.4) is 0 Å². The Morgan fingerprint density at radius 3 is 2.38 bits per heavy atom. The second-order valence-corrected chi connectivity index (χ2v) is 6.20. The van der Waals surface area contributed by atoms with Crippen LogP contribution >= 0.6 is 0 Å². The van der Waals surface area contributed by atoms with Crippen molar-refractivity contribution in [2.45, 2.75) is 9.79 Å². The summed E-state index contributed by atoms with van der Waals surface area (Å²) >= 11 is 0. The van der Waals surface area contributed by atoms with Gasteiger partial charge in [0.05, 0.1) is 4.90 Å². The highest BCUT2D eigenvalue weighted by atomic mass is 32.2. The summed E-state index contributed by atoms with van der Waals surface area (Å²) in [6.07, 6.45) is 1.40. The zero-order chi connectivity index (χ0) is 15.0. The Morgan fingerprint density at radius 2 is 1.67 bits per heavy atom. The molecule has 0 radical (unpaired) electrons. The molecule has 0 fully saturated rings. The third-order valence-electron chi connectivity index (χ3n) is 3.00. The number of hydrogen-bond donors (Lipinski definition) is 1. The maximum absolute atomic E-state index is 12.5. The number of aromatic hydroxyl groups is 1. The largest absolute Gasteiger partial charge is 0.492 e. The summed E-state index contributed by atoms with van der Waals surface area (Å²) in [5.74, 6) is -0.796. The molecule has 6 nitrogen and oxygen atoms in total. The van der Waals surface area contributed by atoms with E-state index in [1.165, 1.54) is 36.5 Å². The van der Waals surface area contributed by atoms with Gasteiger partial charge in [-0.3, -0.25) is 9.20 Å². The van der Waals surface area contributed by atoms with E-state index in [0.717, 1.165) is 4.40 Å². The van der Waals surface area contributed by atoms with Crippen LogP contribution in [-0.2, 0) is 9.84 Å². The summed E-state index contributed by atoms with van der Waals surface area (Å²) in [6.45, 7) is 0. The molecule has 0 aliphatic carbocycles. The molecule has 106 valence electrons. The zero-order valence-electron chi connectivity index (χ0n) is 10.7. The lowest BCUT2D eigenvalue weighted by molar-refractivity contribution is 0.434. The maximum atomic E-state index is 12.5. The van der Waals surface area contributed by atoms with E-state index in [2.05, 4.69) is 4.98 Å². The Kier molecular flexibility index (Phi) is 2.99. The number of pyridine rings is 1. The fourth-order valence-electron chi connectivity index (χ4n) is 2.01. The minimum Gasteiger partial charge on any atom is -0.492 e. The molecular formula is C14H10N2O4S. The van der Waals surface area contributed by atoms with Gasteiger partial charge in [0.15, 0.2) is 4.90 Å². The molecule has 7 heteroatoms. The second-order valence-electron chi connectivity index (χ2n) is 4.32. The van der Waals surface area contributed by atoms with E-state index < -0.39 is 26.2 Å². The number of sulfone groups is 1. The van der Waals surface area contributed by atoms with E-state index in [-0.39, 0.29) is 10.5 Å². The Balaban J connectivity index is 2.39. The molecule has 0 bridgehead atoms. The third kappa shape index (κ3) is 2.07. The summed E-state index contributed by atoms with van der Waals surface area (Å²) in [6, 6.07) is 12.2. The SMILES string of the molecule is O=c1c(S(=O)(=O)c2ccccc2)c(O)nc2ccccn12.